The minimum Gasteiger partial charge on any atom is -0.481 e. The number of nitrogens with one attached hydrogen (secondary N) is 1. The molecule has 0 bridgehead atoms. The van der Waals surface area contributed by atoms with E-state index in [-0.39, 0.29) is 5.91 Å². The number of nitrogens with zero attached hydrogens (tertiary/aromatic N) is 3. The van der Waals surface area contributed by atoms with E-state index in [2.05, 4.69) is 26.6 Å². The zero-order chi connectivity index (χ0) is 16.1. The highest BCUT2D eigenvalue weighted by Crippen LogP contribution is 2.29. The second-order valence-corrected chi connectivity index (χ2v) is 7.52. The molecular formula is C14H12N4O2S3. The number of ether oxygens (including phenoxy) is 1. The molecule has 0 atom stereocenters. The molecule has 1 N–H and O–H groups in total. The standard InChI is InChI=1S/C14H12N4O2S3/c1-20-11-5-4-9(7-15-11)12(19)16-13-17-18-14(23-13)22-8-10-3-2-6-21-10/h2-7H,8H2,1H3,(H,16,17,19). The minimum atomic E-state index is -0.272. The van der Waals surface area contributed by atoms with Gasteiger partial charge in [-0.05, 0) is 17.5 Å². The normalized spacial score (nSPS) is 10.5. The first kappa shape index (κ1) is 15.9. The zero-order valence-corrected chi connectivity index (χ0v) is 14.5. The van der Waals surface area contributed by atoms with Gasteiger partial charge in [0.1, 0.15) is 0 Å². The predicted octanol–water partition coefficient (Wildman–Crippen LogP) is 3.55. The molecule has 3 heterocycles. The third-order valence-corrected chi connectivity index (χ3v) is 5.83. The van der Waals surface area contributed by atoms with Crippen molar-refractivity contribution in [2.45, 2.75) is 10.1 Å². The van der Waals surface area contributed by atoms with E-state index in [1.807, 2.05) is 11.4 Å². The van der Waals surface area contributed by atoms with E-state index in [9.17, 15) is 4.79 Å². The zero-order valence-electron chi connectivity index (χ0n) is 12.1. The van der Waals surface area contributed by atoms with Gasteiger partial charge in [-0.25, -0.2) is 4.98 Å². The Balaban J connectivity index is 1.58. The average molecular weight is 364 g/mol. The van der Waals surface area contributed by atoms with E-state index in [0.717, 1.165) is 10.1 Å². The van der Waals surface area contributed by atoms with Crippen LogP contribution in [0.2, 0.25) is 0 Å². The molecule has 6 nitrogen and oxygen atoms in total. The van der Waals surface area contributed by atoms with E-state index in [1.165, 1.54) is 29.5 Å². The van der Waals surface area contributed by atoms with Crippen LogP contribution < -0.4 is 10.1 Å². The first-order valence-electron chi connectivity index (χ1n) is 6.54. The molecule has 9 heteroatoms. The molecule has 0 saturated carbocycles. The number of hydrogen-bond donors (Lipinski definition) is 1. The van der Waals surface area contributed by atoms with Gasteiger partial charge in [0.25, 0.3) is 5.91 Å². The van der Waals surface area contributed by atoms with Crippen LogP contribution in [0.4, 0.5) is 5.13 Å². The number of pyridine rings is 1. The highest BCUT2D eigenvalue weighted by molar-refractivity contribution is 8.00. The number of rotatable bonds is 6. The lowest BCUT2D eigenvalue weighted by Crippen LogP contribution is -2.12. The summed E-state index contributed by atoms with van der Waals surface area (Å²) in [7, 11) is 1.53. The Morgan fingerprint density at radius 1 is 1.35 bits per heavy atom. The van der Waals surface area contributed by atoms with Gasteiger partial charge < -0.3 is 4.74 Å². The third-order valence-electron chi connectivity index (χ3n) is 2.75. The number of aromatic nitrogens is 3. The fourth-order valence-corrected chi connectivity index (χ4v) is 4.17. The lowest BCUT2D eigenvalue weighted by atomic mass is 10.3. The van der Waals surface area contributed by atoms with E-state index in [0.29, 0.717) is 16.6 Å². The highest BCUT2D eigenvalue weighted by atomic mass is 32.2. The maximum atomic E-state index is 12.1. The number of thiophene rings is 1. The number of thioether (sulfide) groups is 1. The summed E-state index contributed by atoms with van der Waals surface area (Å²) < 4.78 is 5.78. The highest BCUT2D eigenvalue weighted by Gasteiger charge is 2.11. The van der Waals surface area contributed by atoms with Crippen LogP contribution in [0.1, 0.15) is 15.2 Å². The number of carbonyl (C=O) groups excluding carboxylic acids is 1. The Morgan fingerprint density at radius 2 is 2.26 bits per heavy atom. The molecule has 0 aliphatic heterocycles. The molecule has 0 aliphatic carbocycles. The van der Waals surface area contributed by atoms with Gasteiger partial charge in [0.15, 0.2) is 4.34 Å². The lowest BCUT2D eigenvalue weighted by Gasteiger charge is -2.01. The third kappa shape index (κ3) is 4.27. The van der Waals surface area contributed by atoms with Gasteiger partial charge in [-0.1, -0.05) is 29.2 Å². The fourth-order valence-electron chi connectivity index (χ4n) is 1.65. The van der Waals surface area contributed by atoms with Crippen molar-refractivity contribution in [3.8, 4) is 5.88 Å². The summed E-state index contributed by atoms with van der Waals surface area (Å²) in [5.74, 6) is 1.04. The predicted molar refractivity (Wildman–Crippen MR) is 92.5 cm³/mol. The summed E-state index contributed by atoms with van der Waals surface area (Å²) in [6, 6.07) is 7.39. The molecular weight excluding hydrogens is 352 g/mol. The molecule has 0 aliphatic rings. The second-order valence-electron chi connectivity index (χ2n) is 4.28. The Kier molecular flexibility index (Phi) is 5.21. The van der Waals surface area contributed by atoms with Crippen LogP contribution in [0.5, 0.6) is 5.88 Å². The smallest absolute Gasteiger partial charge is 0.259 e. The molecule has 23 heavy (non-hydrogen) atoms. The summed E-state index contributed by atoms with van der Waals surface area (Å²) in [4.78, 5) is 17.4. The maximum absolute atomic E-state index is 12.1. The summed E-state index contributed by atoms with van der Waals surface area (Å²) in [6.45, 7) is 0. The van der Waals surface area contributed by atoms with Crippen LogP contribution in [-0.2, 0) is 5.75 Å². The number of amides is 1. The monoisotopic (exact) mass is 364 g/mol. The number of methoxy groups -OCH3 is 1. The molecule has 0 fully saturated rings. The van der Waals surface area contributed by atoms with Gasteiger partial charge in [0.2, 0.25) is 11.0 Å². The first-order valence-corrected chi connectivity index (χ1v) is 9.23. The van der Waals surface area contributed by atoms with Gasteiger partial charge in [-0.15, -0.1) is 21.5 Å². The number of hydrogen-bond acceptors (Lipinski definition) is 8. The van der Waals surface area contributed by atoms with E-state index in [4.69, 9.17) is 4.74 Å². The van der Waals surface area contributed by atoms with Crippen molar-refractivity contribution < 1.29 is 9.53 Å². The molecule has 0 spiro atoms. The molecule has 3 rings (SSSR count). The van der Waals surface area contributed by atoms with E-state index < -0.39 is 0 Å². The van der Waals surface area contributed by atoms with Crippen LogP contribution in [0.25, 0.3) is 0 Å². The van der Waals surface area contributed by atoms with Crippen LogP contribution >= 0.6 is 34.4 Å². The summed E-state index contributed by atoms with van der Waals surface area (Å²) in [5, 5.41) is 13.3. The lowest BCUT2D eigenvalue weighted by molar-refractivity contribution is 0.102. The molecule has 0 aromatic carbocycles. The minimum absolute atomic E-state index is 0.272. The van der Waals surface area contributed by atoms with Crippen LogP contribution in [0.3, 0.4) is 0 Å². The van der Waals surface area contributed by atoms with Gasteiger partial charge in [-0.2, -0.15) is 0 Å². The van der Waals surface area contributed by atoms with E-state index >= 15 is 0 Å². The molecule has 0 radical (unpaired) electrons. The van der Waals surface area contributed by atoms with Crippen LogP contribution in [-0.4, -0.2) is 28.2 Å². The SMILES string of the molecule is COc1ccc(C(=O)Nc2nnc(SCc3cccs3)s2)cn1. The molecule has 0 saturated heterocycles. The molecule has 0 unspecified atom stereocenters. The van der Waals surface area contributed by atoms with Crippen molar-refractivity contribution >= 4 is 45.5 Å². The van der Waals surface area contributed by atoms with Gasteiger partial charge in [0, 0.05) is 22.9 Å². The van der Waals surface area contributed by atoms with Crippen molar-refractivity contribution in [1.29, 1.82) is 0 Å². The van der Waals surface area contributed by atoms with Crippen LogP contribution in [0.15, 0.2) is 40.2 Å². The van der Waals surface area contributed by atoms with E-state index in [1.54, 1.807) is 35.2 Å². The van der Waals surface area contributed by atoms with Gasteiger partial charge in [-0.3, -0.25) is 10.1 Å². The van der Waals surface area contributed by atoms with Gasteiger partial charge in [0.05, 0.1) is 12.7 Å². The summed E-state index contributed by atoms with van der Waals surface area (Å²) in [6.07, 6.45) is 1.46. The molecule has 3 aromatic rings. The molecule has 118 valence electrons. The van der Waals surface area contributed by atoms with Gasteiger partial charge >= 0.3 is 0 Å². The number of anilines is 1. The fraction of sp³-hybridized carbons (Fsp3) is 0.143. The Labute approximate surface area is 144 Å². The van der Waals surface area contributed by atoms with Crippen LogP contribution in [0, 0.1) is 0 Å². The molecule has 1 amide bonds. The van der Waals surface area contributed by atoms with Crippen molar-refractivity contribution in [2.24, 2.45) is 0 Å². The van der Waals surface area contributed by atoms with Crippen molar-refractivity contribution in [1.82, 2.24) is 15.2 Å². The Hall–Kier alpha value is -1.97. The topological polar surface area (TPSA) is 77.0 Å². The maximum Gasteiger partial charge on any atom is 0.259 e. The Morgan fingerprint density at radius 3 is 2.96 bits per heavy atom. The second kappa shape index (κ2) is 7.53. The first-order chi connectivity index (χ1) is 11.2. The Bertz CT molecular complexity index is 772. The quantitative estimate of drug-likeness (QED) is 0.532. The van der Waals surface area contributed by atoms with Crippen molar-refractivity contribution in [3.63, 3.8) is 0 Å². The molecule has 3 aromatic heterocycles. The van der Waals surface area contributed by atoms with Crippen molar-refractivity contribution in [3.05, 3.63) is 46.3 Å². The van der Waals surface area contributed by atoms with Crippen molar-refractivity contribution in [2.75, 3.05) is 12.4 Å². The summed E-state index contributed by atoms with van der Waals surface area (Å²) in [5.41, 5.74) is 0.439. The summed E-state index contributed by atoms with van der Waals surface area (Å²) >= 11 is 4.66. The number of carbonyl (C=O) groups is 1. The average Bonchev–Trinajstić information content (AvgIpc) is 3.24. The largest absolute Gasteiger partial charge is 0.481 e.